The average Bonchev–Trinajstić information content (AvgIpc) is 3.49. The molecule has 0 bridgehead atoms. The molecule has 0 radical (unpaired) electrons. The molecule has 40 heavy (non-hydrogen) atoms. The molecule has 1 unspecified atom stereocenters. The molecule has 1 atom stereocenters. The number of rotatable bonds is 3. The maximum atomic E-state index is 3.82. The number of fused-ring (bicyclic) bond motifs is 6. The van der Waals surface area contributed by atoms with Gasteiger partial charge in [0.1, 0.15) is 0 Å². The summed E-state index contributed by atoms with van der Waals surface area (Å²) in [7, 11) is 0. The van der Waals surface area contributed by atoms with Crippen LogP contribution < -0.4 is 0 Å². The van der Waals surface area contributed by atoms with Crippen molar-refractivity contribution in [2.75, 3.05) is 0 Å². The summed E-state index contributed by atoms with van der Waals surface area (Å²) in [6.07, 6.45) is 5.70. The highest BCUT2D eigenvalue weighted by molar-refractivity contribution is 9.10. The van der Waals surface area contributed by atoms with E-state index in [9.17, 15) is 0 Å². The Morgan fingerprint density at radius 3 is 1.88 bits per heavy atom. The zero-order valence-corrected chi connectivity index (χ0v) is 23.8. The van der Waals surface area contributed by atoms with Crippen LogP contribution in [0.25, 0.3) is 61.3 Å². The van der Waals surface area contributed by atoms with Crippen LogP contribution in [0.2, 0.25) is 0 Å². The van der Waals surface area contributed by atoms with Crippen LogP contribution in [-0.2, 0) is 6.42 Å². The summed E-state index contributed by atoms with van der Waals surface area (Å²) in [6.45, 7) is 2.30. The summed E-state index contributed by atoms with van der Waals surface area (Å²) in [6, 6.07) is 41.9. The van der Waals surface area contributed by atoms with Gasteiger partial charge in [-0.05, 0) is 72.0 Å². The van der Waals surface area contributed by atoms with Gasteiger partial charge in [0.2, 0.25) is 0 Å². The number of halogens is 1. The fourth-order valence-corrected chi connectivity index (χ4v) is 6.99. The van der Waals surface area contributed by atoms with Gasteiger partial charge in [-0.25, -0.2) is 0 Å². The van der Waals surface area contributed by atoms with Crippen LogP contribution in [0.3, 0.4) is 0 Å². The first kappa shape index (κ1) is 23.5. The standard InChI is InChI=1S/C37H27BrN2/c1-24-14-19-33-32-10-4-5-11-34(32)39(37(33)20-24)28-17-15-25(16-18-28)26-21-27(38)23-29(22-26)40-35-12-6-2-8-30(35)31-9-3-7-13-36(31)40/h2-19,21-24H,20H2,1H3. The number of aromatic nitrogens is 2. The van der Waals surface area contributed by atoms with Gasteiger partial charge >= 0.3 is 0 Å². The van der Waals surface area contributed by atoms with Crippen LogP contribution in [0.5, 0.6) is 0 Å². The van der Waals surface area contributed by atoms with E-state index in [-0.39, 0.29) is 0 Å². The number of nitrogens with zero attached hydrogens (tertiary/aromatic N) is 2. The number of para-hydroxylation sites is 3. The molecule has 0 N–H and O–H groups in total. The predicted molar refractivity (Wildman–Crippen MR) is 173 cm³/mol. The second-order valence-corrected chi connectivity index (χ2v) is 11.8. The number of allylic oxidation sites excluding steroid dienone is 1. The Balaban J connectivity index is 1.26. The Kier molecular flexibility index (Phi) is 5.36. The topological polar surface area (TPSA) is 9.86 Å². The van der Waals surface area contributed by atoms with Crippen molar-refractivity contribution >= 4 is 54.7 Å². The lowest BCUT2D eigenvalue weighted by molar-refractivity contribution is 0.690. The highest BCUT2D eigenvalue weighted by atomic mass is 79.9. The van der Waals surface area contributed by atoms with Crippen LogP contribution in [0.4, 0.5) is 0 Å². The molecule has 1 aliphatic carbocycles. The second-order valence-electron chi connectivity index (χ2n) is 10.9. The monoisotopic (exact) mass is 578 g/mol. The highest BCUT2D eigenvalue weighted by Gasteiger charge is 2.21. The van der Waals surface area contributed by atoms with E-state index in [4.69, 9.17) is 0 Å². The van der Waals surface area contributed by atoms with Crippen molar-refractivity contribution in [3.8, 4) is 22.5 Å². The summed E-state index contributed by atoms with van der Waals surface area (Å²) in [5.41, 5.74) is 11.2. The van der Waals surface area contributed by atoms with E-state index in [2.05, 4.69) is 159 Å². The summed E-state index contributed by atoms with van der Waals surface area (Å²) >= 11 is 3.82. The molecule has 0 amide bonds. The van der Waals surface area contributed by atoms with E-state index in [1.54, 1.807) is 0 Å². The van der Waals surface area contributed by atoms with Gasteiger partial charge in [-0.2, -0.15) is 0 Å². The van der Waals surface area contributed by atoms with Crippen LogP contribution in [0, 0.1) is 5.92 Å². The van der Waals surface area contributed by atoms with Crippen molar-refractivity contribution in [3.63, 3.8) is 0 Å². The Bertz CT molecular complexity index is 2050. The minimum absolute atomic E-state index is 0.538. The molecule has 0 aliphatic heterocycles. The molecule has 3 heteroatoms. The lowest BCUT2D eigenvalue weighted by atomic mass is 9.95. The van der Waals surface area contributed by atoms with Gasteiger partial charge in [0.25, 0.3) is 0 Å². The first-order chi connectivity index (χ1) is 19.7. The lowest BCUT2D eigenvalue weighted by Gasteiger charge is -2.17. The first-order valence-electron chi connectivity index (χ1n) is 13.9. The predicted octanol–water partition coefficient (Wildman–Crippen LogP) is 10.4. The number of hydrogen-bond acceptors (Lipinski definition) is 0. The largest absolute Gasteiger partial charge is 0.313 e. The van der Waals surface area contributed by atoms with Gasteiger partial charge < -0.3 is 9.13 Å². The minimum atomic E-state index is 0.538. The zero-order chi connectivity index (χ0) is 26.8. The van der Waals surface area contributed by atoms with E-state index in [0.29, 0.717) is 5.92 Å². The van der Waals surface area contributed by atoms with Crippen molar-refractivity contribution < 1.29 is 0 Å². The lowest BCUT2D eigenvalue weighted by Crippen LogP contribution is -2.08. The highest BCUT2D eigenvalue weighted by Crippen LogP contribution is 2.37. The van der Waals surface area contributed by atoms with Crippen molar-refractivity contribution in [2.24, 2.45) is 5.92 Å². The molecule has 192 valence electrons. The SMILES string of the molecule is CC1C=Cc2c(n(-c3ccc(-c4cc(Br)cc(-n5c6ccccc6c6ccccc65)c4)cc3)c3ccccc23)C1. The summed E-state index contributed by atoms with van der Waals surface area (Å²) < 4.78 is 5.90. The van der Waals surface area contributed by atoms with Gasteiger partial charge in [-0.1, -0.05) is 102 Å². The Labute approximate surface area is 241 Å². The minimum Gasteiger partial charge on any atom is -0.313 e. The van der Waals surface area contributed by atoms with Crippen LogP contribution in [-0.4, -0.2) is 9.13 Å². The fourth-order valence-electron chi connectivity index (χ4n) is 6.51. The quantitative estimate of drug-likeness (QED) is 0.197. The van der Waals surface area contributed by atoms with Crippen LogP contribution in [0.1, 0.15) is 18.2 Å². The van der Waals surface area contributed by atoms with Crippen molar-refractivity contribution in [1.82, 2.24) is 9.13 Å². The number of hydrogen-bond donors (Lipinski definition) is 0. The molecule has 5 aromatic carbocycles. The molecule has 2 heterocycles. The van der Waals surface area contributed by atoms with E-state index in [1.807, 2.05) is 0 Å². The Hall–Kier alpha value is -4.34. The fraction of sp³-hybridized carbons (Fsp3) is 0.0811. The van der Waals surface area contributed by atoms with Crippen LogP contribution >= 0.6 is 15.9 Å². The summed E-state index contributed by atoms with van der Waals surface area (Å²) in [5.74, 6) is 0.538. The molecule has 0 saturated carbocycles. The van der Waals surface area contributed by atoms with Crippen molar-refractivity contribution in [3.05, 3.63) is 137 Å². The molecule has 1 aliphatic rings. The molecule has 0 saturated heterocycles. The molecular weight excluding hydrogens is 552 g/mol. The summed E-state index contributed by atoms with van der Waals surface area (Å²) in [4.78, 5) is 0. The molecule has 2 nitrogen and oxygen atoms in total. The van der Waals surface area contributed by atoms with E-state index in [0.717, 1.165) is 16.6 Å². The number of benzene rings is 5. The average molecular weight is 580 g/mol. The van der Waals surface area contributed by atoms with Gasteiger partial charge in [0.15, 0.2) is 0 Å². The normalized spacial score (nSPS) is 14.8. The van der Waals surface area contributed by atoms with Gasteiger partial charge in [-0.15, -0.1) is 0 Å². The maximum Gasteiger partial charge on any atom is 0.0541 e. The molecular formula is C37H27BrN2. The van der Waals surface area contributed by atoms with Gasteiger partial charge in [0.05, 0.1) is 16.6 Å². The Morgan fingerprint density at radius 2 is 1.20 bits per heavy atom. The maximum absolute atomic E-state index is 3.82. The molecule has 0 fully saturated rings. The first-order valence-corrected chi connectivity index (χ1v) is 14.7. The third kappa shape index (κ3) is 3.61. The molecule has 8 rings (SSSR count). The van der Waals surface area contributed by atoms with Crippen molar-refractivity contribution in [2.45, 2.75) is 13.3 Å². The Morgan fingerprint density at radius 1 is 0.600 bits per heavy atom. The van der Waals surface area contributed by atoms with Gasteiger partial charge in [-0.3, -0.25) is 0 Å². The van der Waals surface area contributed by atoms with E-state index in [1.165, 1.54) is 60.8 Å². The second kappa shape index (κ2) is 9.11. The third-order valence-corrected chi connectivity index (χ3v) is 8.76. The molecule has 2 aromatic heterocycles. The van der Waals surface area contributed by atoms with E-state index >= 15 is 0 Å². The zero-order valence-electron chi connectivity index (χ0n) is 22.2. The van der Waals surface area contributed by atoms with E-state index < -0.39 is 0 Å². The molecule has 0 spiro atoms. The van der Waals surface area contributed by atoms with Crippen LogP contribution in [0.15, 0.2) is 126 Å². The third-order valence-electron chi connectivity index (χ3n) is 8.30. The van der Waals surface area contributed by atoms with Gasteiger partial charge in [0, 0.05) is 43.3 Å². The summed E-state index contributed by atoms with van der Waals surface area (Å²) in [5, 5.41) is 3.87. The smallest absolute Gasteiger partial charge is 0.0541 e. The van der Waals surface area contributed by atoms with Crippen molar-refractivity contribution in [1.29, 1.82) is 0 Å². The molecule has 7 aromatic rings.